The third kappa shape index (κ3) is 5.00. The van der Waals surface area contributed by atoms with Gasteiger partial charge in [0, 0.05) is 18.5 Å². The van der Waals surface area contributed by atoms with E-state index in [1.165, 1.54) is 6.07 Å². The number of alkyl halides is 1. The molecule has 0 spiro atoms. The molecular weight excluding hydrogens is 244 g/mol. The topological polar surface area (TPSA) is 12.0 Å². The molecule has 0 amide bonds. The smallest absolute Gasteiger partial charge is 0.145 e. The van der Waals surface area contributed by atoms with Gasteiger partial charge < -0.3 is 5.32 Å². The molecule has 4 heteroatoms. The van der Waals surface area contributed by atoms with Crippen molar-refractivity contribution < 1.29 is 8.78 Å². The molecule has 0 aliphatic heterocycles. The maximum atomic E-state index is 13.7. The molecule has 0 saturated carbocycles. The van der Waals surface area contributed by atoms with Gasteiger partial charge in [-0.15, -0.1) is 0 Å². The monoisotopic (exact) mass is 261 g/mol. The molecule has 0 fully saturated rings. The third-order valence-electron chi connectivity index (χ3n) is 2.33. The summed E-state index contributed by atoms with van der Waals surface area (Å²) >= 11 is 5.63. The van der Waals surface area contributed by atoms with E-state index in [1.807, 2.05) is 20.8 Å². The highest BCUT2D eigenvalue weighted by Crippen LogP contribution is 2.19. The van der Waals surface area contributed by atoms with Crippen molar-refractivity contribution in [3.63, 3.8) is 0 Å². The molecule has 1 N–H and O–H groups in total. The molecule has 0 aromatic heterocycles. The van der Waals surface area contributed by atoms with Crippen LogP contribution in [0.15, 0.2) is 18.2 Å². The first-order valence-electron chi connectivity index (χ1n) is 5.61. The second kappa shape index (κ2) is 5.78. The molecule has 1 atom stereocenters. The van der Waals surface area contributed by atoms with Crippen molar-refractivity contribution in [1.82, 2.24) is 5.32 Å². The van der Waals surface area contributed by atoms with E-state index >= 15 is 0 Å². The maximum absolute atomic E-state index is 13.7. The first-order chi connectivity index (χ1) is 7.79. The Bertz CT molecular complexity index is 374. The lowest BCUT2D eigenvalue weighted by molar-refractivity contribution is 0.282. The number of halogens is 3. The van der Waals surface area contributed by atoms with Crippen molar-refractivity contribution in [2.75, 3.05) is 6.54 Å². The van der Waals surface area contributed by atoms with Gasteiger partial charge in [0.05, 0.1) is 5.02 Å². The molecule has 0 radical (unpaired) electrons. The lowest BCUT2D eigenvalue weighted by Gasteiger charge is -2.22. The predicted molar refractivity (Wildman–Crippen MR) is 67.8 cm³/mol. The average Bonchev–Trinajstić information content (AvgIpc) is 2.21. The Morgan fingerprint density at radius 1 is 1.35 bits per heavy atom. The van der Waals surface area contributed by atoms with Gasteiger partial charge in [0.25, 0.3) is 0 Å². The Hall–Kier alpha value is -0.670. The van der Waals surface area contributed by atoms with E-state index in [0.717, 1.165) is 0 Å². The zero-order chi connectivity index (χ0) is 13.1. The van der Waals surface area contributed by atoms with E-state index in [0.29, 0.717) is 5.56 Å². The van der Waals surface area contributed by atoms with Crippen LogP contribution in [0.1, 0.15) is 26.3 Å². The minimum absolute atomic E-state index is 0.0372. The van der Waals surface area contributed by atoms with Crippen LogP contribution in [-0.2, 0) is 6.42 Å². The summed E-state index contributed by atoms with van der Waals surface area (Å²) in [6.07, 6.45) is -1.09. The van der Waals surface area contributed by atoms with Crippen LogP contribution in [0, 0.1) is 5.82 Å². The number of hydrogen-bond donors (Lipinski definition) is 1. The SMILES string of the molecule is CC(C)(C)NCC(F)Cc1cccc(Cl)c1F. The molecular formula is C13H18ClF2N. The summed E-state index contributed by atoms with van der Waals surface area (Å²) in [6, 6.07) is 4.65. The van der Waals surface area contributed by atoms with E-state index in [2.05, 4.69) is 5.32 Å². The first kappa shape index (κ1) is 14.4. The normalized spacial score (nSPS) is 13.8. The van der Waals surface area contributed by atoms with Crippen molar-refractivity contribution >= 4 is 11.6 Å². The molecule has 1 aromatic rings. The second-order valence-electron chi connectivity index (χ2n) is 5.15. The van der Waals surface area contributed by atoms with Crippen LogP contribution in [0.2, 0.25) is 5.02 Å². The van der Waals surface area contributed by atoms with Gasteiger partial charge >= 0.3 is 0 Å². The predicted octanol–water partition coefficient (Wildman–Crippen LogP) is 3.75. The van der Waals surface area contributed by atoms with Crippen LogP contribution < -0.4 is 5.32 Å². The molecule has 0 bridgehead atoms. The largest absolute Gasteiger partial charge is 0.309 e. The van der Waals surface area contributed by atoms with Crippen molar-refractivity contribution in [3.8, 4) is 0 Å². The van der Waals surface area contributed by atoms with Gasteiger partial charge in [0.1, 0.15) is 12.0 Å². The van der Waals surface area contributed by atoms with E-state index in [1.54, 1.807) is 12.1 Å². The molecule has 1 unspecified atom stereocenters. The van der Waals surface area contributed by atoms with Gasteiger partial charge in [-0.1, -0.05) is 23.7 Å². The summed E-state index contributed by atoms with van der Waals surface area (Å²) in [5, 5.41) is 3.09. The van der Waals surface area contributed by atoms with Crippen LogP contribution in [0.3, 0.4) is 0 Å². The molecule has 17 heavy (non-hydrogen) atoms. The van der Waals surface area contributed by atoms with Gasteiger partial charge in [-0.2, -0.15) is 0 Å². The molecule has 1 nitrogen and oxygen atoms in total. The average molecular weight is 262 g/mol. The Balaban J connectivity index is 2.56. The number of nitrogens with one attached hydrogen (secondary N) is 1. The zero-order valence-corrected chi connectivity index (χ0v) is 11.1. The zero-order valence-electron chi connectivity index (χ0n) is 10.4. The fourth-order valence-corrected chi connectivity index (χ4v) is 1.63. The van der Waals surface area contributed by atoms with Gasteiger partial charge in [-0.05, 0) is 32.4 Å². The first-order valence-corrected chi connectivity index (χ1v) is 5.99. The van der Waals surface area contributed by atoms with Gasteiger partial charge in [0.2, 0.25) is 0 Å². The molecule has 1 aromatic carbocycles. The molecule has 96 valence electrons. The van der Waals surface area contributed by atoms with E-state index in [4.69, 9.17) is 11.6 Å². The summed E-state index contributed by atoms with van der Waals surface area (Å²) in [5.74, 6) is -0.521. The lowest BCUT2D eigenvalue weighted by atomic mass is 10.1. The van der Waals surface area contributed by atoms with Crippen LogP contribution >= 0.6 is 11.6 Å². The molecule has 0 saturated heterocycles. The quantitative estimate of drug-likeness (QED) is 0.871. The second-order valence-corrected chi connectivity index (χ2v) is 5.55. The number of hydrogen-bond acceptors (Lipinski definition) is 1. The third-order valence-corrected chi connectivity index (χ3v) is 2.62. The summed E-state index contributed by atoms with van der Waals surface area (Å²) < 4.78 is 27.2. The number of rotatable bonds is 4. The highest BCUT2D eigenvalue weighted by atomic mass is 35.5. The summed E-state index contributed by atoms with van der Waals surface area (Å²) in [6.45, 7) is 6.08. The van der Waals surface area contributed by atoms with E-state index in [-0.39, 0.29) is 23.5 Å². The van der Waals surface area contributed by atoms with Crippen LogP contribution in [0.5, 0.6) is 0 Å². The Labute approximate surface area is 106 Å². The summed E-state index contributed by atoms with van der Waals surface area (Å²) in [4.78, 5) is 0. The Morgan fingerprint density at radius 3 is 2.59 bits per heavy atom. The fourth-order valence-electron chi connectivity index (χ4n) is 1.43. The number of benzene rings is 1. The molecule has 0 heterocycles. The molecule has 0 aliphatic rings. The lowest BCUT2D eigenvalue weighted by Crippen LogP contribution is -2.40. The highest BCUT2D eigenvalue weighted by molar-refractivity contribution is 6.30. The minimum atomic E-state index is -1.12. The van der Waals surface area contributed by atoms with Gasteiger partial charge in [0.15, 0.2) is 0 Å². The summed E-state index contributed by atoms with van der Waals surface area (Å²) in [7, 11) is 0. The van der Waals surface area contributed by atoms with Crippen LogP contribution in [0.4, 0.5) is 8.78 Å². The summed E-state index contributed by atoms with van der Waals surface area (Å²) in [5.41, 5.74) is 0.178. The van der Waals surface area contributed by atoms with Crippen LogP contribution in [0.25, 0.3) is 0 Å². The van der Waals surface area contributed by atoms with Crippen molar-refractivity contribution in [2.24, 2.45) is 0 Å². The van der Waals surface area contributed by atoms with Gasteiger partial charge in [-0.3, -0.25) is 0 Å². The van der Waals surface area contributed by atoms with Crippen LogP contribution in [-0.4, -0.2) is 18.3 Å². The van der Waals surface area contributed by atoms with Crippen molar-refractivity contribution in [3.05, 3.63) is 34.6 Å². The van der Waals surface area contributed by atoms with Gasteiger partial charge in [-0.25, -0.2) is 8.78 Å². The fraction of sp³-hybridized carbons (Fsp3) is 0.538. The molecule has 0 aliphatic carbocycles. The Kier molecular flexibility index (Phi) is 4.90. The highest BCUT2D eigenvalue weighted by Gasteiger charge is 2.16. The van der Waals surface area contributed by atoms with E-state index < -0.39 is 12.0 Å². The van der Waals surface area contributed by atoms with Crippen molar-refractivity contribution in [2.45, 2.75) is 38.9 Å². The minimum Gasteiger partial charge on any atom is -0.309 e. The standard InChI is InChI=1S/C13H18ClF2N/c1-13(2,3)17-8-10(15)7-9-5-4-6-11(14)12(9)16/h4-6,10,17H,7-8H2,1-3H3. The maximum Gasteiger partial charge on any atom is 0.145 e. The van der Waals surface area contributed by atoms with E-state index in [9.17, 15) is 8.78 Å². The van der Waals surface area contributed by atoms with Crippen molar-refractivity contribution in [1.29, 1.82) is 0 Å². The Morgan fingerprint density at radius 2 is 2.00 bits per heavy atom. The molecule has 1 rings (SSSR count).